The first kappa shape index (κ1) is 20.8. The summed E-state index contributed by atoms with van der Waals surface area (Å²) in [6.07, 6.45) is 0.969. The molecule has 0 bridgehead atoms. The van der Waals surface area contributed by atoms with Gasteiger partial charge in [0.25, 0.3) is 0 Å². The molecule has 0 heterocycles. The summed E-state index contributed by atoms with van der Waals surface area (Å²) in [5, 5.41) is 0. The van der Waals surface area contributed by atoms with Crippen molar-refractivity contribution in [3.8, 4) is 0 Å². The van der Waals surface area contributed by atoms with Crippen molar-refractivity contribution in [2.45, 2.75) is 46.6 Å². The molecule has 24 heavy (non-hydrogen) atoms. The summed E-state index contributed by atoms with van der Waals surface area (Å²) in [4.78, 5) is 11.9. The van der Waals surface area contributed by atoms with Gasteiger partial charge in [-0.15, -0.1) is 0 Å². The molecule has 0 fully saturated rings. The van der Waals surface area contributed by atoms with Crippen LogP contribution in [0, 0.1) is 6.92 Å². The van der Waals surface area contributed by atoms with E-state index < -0.39 is 8.80 Å². The number of ether oxygens (including phenoxy) is 1. The van der Waals surface area contributed by atoms with Crippen LogP contribution in [0.15, 0.2) is 24.3 Å². The summed E-state index contributed by atoms with van der Waals surface area (Å²) >= 11 is 0. The van der Waals surface area contributed by atoms with Crippen molar-refractivity contribution in [2.24, 2.45) is 0 Å². The highest BCUT2D eigenvalue weighted by Gasteiger charge is 2.39. The Labute approximate surface area is 146 Å². The zero-order chi connectivity index (χ0) is 17.8. The minimum Gasteiger partial charge on any atom is -0.465 e. The van der Waals surface area contributed by atoms with E-state index in [1.54, 1.807) is 0 Å². The lowest BCUT2D eigenvalue weighted by atomic mass is 10.1. The number of hydrogen-bond donors (Lipinski definition) is 0. The first-order chi connectivity index (χ1) is 11.5. The van der Waals surface area contributed by atoms with Crippen molar-refractivity contribution in [1.82, 2.24) is 0 Å². The molecule has 0 aliphatic rings. The minimum atomic E-state index is -2.64. The van der Waals surface area contributed by atoms with Crippen LogP contribution in [0.1, 0.15) is 38.3 Å². The fourth-order valence-corrected chi connectivity index (χ4v) is 4.98. The zero-order valence-corrected chi connectivity index (χ0v) is 16.3. The van der Waals surface area contributed by atoms with E-state index >= 15 is 0 Å². The number of carbonyl (C=O) groups is 1. The molecule has 0 aliphatic heterocycles. The Hall–Kier alpha value is -1.21. The Morgan fingerprint density at radius 1 is 0.958 bits per heavy atom. The predicted molar refractivity (Wildman–Crippen MR) is 95.9 cm³/mol. The highest BCUT2D eigenvalue weighted by molar-refractivity contribution is 6.60. The molecular formula is C18H30O5Si. The summed E-state index contributed by atoms with van der Waals surface area (Å²) in [5.41, 5.74) is 2.14. The number of rotatable bonds is 12. The molecule has 0 unspecified atom stereocenters. The third kappa shape index (κ3) is 7.57. The largest absolute Gasteiger partial charge is 0.501 e. The van der Waals surface area contributed by atoms with Crippen LogP contribution in [-0.4, -0.2) is 41.2 Å². The number of esters is 1. The van der Waals surface area contributed by atoms with Gasteiger partial charge in [0.1, 0.15) is 0 Å². The molecule has 1 aromatic rings. The van der Waals surface area contributed by atoms with Crippen LogP contribution < -0.4 is 0 Å². The van der Waals surface area contributed by atoms with Gasteiger partial charge in [-0.05, 0) is 39.7 Å². The number of hydrogen-bond acceptors (Lipinski definition) is 5. The quantitative estimate of drug-likeness (QED) is 0.327. The maximum Gasteiger partial charge on any atom is 0.501 e. The van der Waals surface area contributed by atoms with Gasteiger partial charge in [0.05, 0.1) is 13.0 Å². The zero-order valence-electron chi connectivity index (χ0n) is 15.3. The molecule has 0 N–H and O–H groups in total. The van der Waals surface area contributed by atoms with E-state index in [1.807, 2.05) is 52.0 Å². The van der Waals surface area contributed by atoms with Crippen LogP contribution in [0.2, 0.25) is 6.04 Å². The Kier molecular flexibility index (Phi) is 9.86. The predicted octanol–water partition coefficient (Wildman–Crippen LogP) is 3.52. The fourth-order valence-electron chi connectivity index (χ4n) is 2.40. The van der Waals surface area contributed by atoms with E-state index in [2.05, 4.69) is 0 Å². The van der Waals surface area contributed by atoms with Crippen molar-refractivity contribution in [3.63, 3.8) is 0 Å². The average molecular weight is 355 g/mol. The standard InChI is InChI=1S/C18H30O5Si/c1-5-21-24(22-6-2,23-7-3)14-8-13-20-18(19)15-17-11-9-16(4)10-12-17/h9-12H,5-8,13-15H2,1-4H3. The molecule has 0 amide bonds. The molecule has 0 saturated heterocycles. The lowest BCUT2D eigenvalue weighted by Gasteiger charge is -2.28. The SMILES string of the molecule is CCO[Si](CCCOC(=O)Cc1ccc(C)cc1)(OCC)OCC. The van der Waals surface area contributed by atoms with Crippen LogP contribution in [0.4, 0.5) is 0 Å². The molecule has 0 aromatic heterocycles. The van der Waals surface area contributed by atoms with E-state index in [-0.39, 0.29) is 5.97 Å². The summed E-state index contributed by atoms with van der Waals surface area (Å²) in [6, 6.07) is 8.55. The molecule has 6 heteroatoms. The number of carbonyl (C=O) groups excluding carboxylic acids is 1. The average Bonchev–Trinajstić information content (AvgIpc) is 2.55. The van der Waals surface area contributed by atoms with Gasteiger partial charge < -0.3 is 18.0 Å². The van der Waals surface area contributed by atoms with Gasteiger partial charge in [0, 0.05) is 25.9 Å². The first-order valence-corrected chi connectivity index (χ1v) is 10.6. The monoisotopic (exact) mass is 354 g/mol. The number of benzene rings is 1. The van der Waals surface area contributed by atoms with Crippen molar-refractivity contribution in [1.29, 1.82) is 0 Å². The molecule has 1 rings (SSSR count). The van der Waals surface area contributed by atoms with Crippen LogP contribution in [-0.2, 0) is 29.2 Å². The van der Waals surface area contributed by atoms with Crippen LogP contribution in [0.3, 0.4) is 0 Å². The molecule has 0 aliphatic carbocycles. The molecule has 5 nitrogen and oxygen atoms in total. The molecule has 0 spiro atoms. The van der Waals surface area contributed by atoms with Crippen molar-refractivity contribution < 1.29 is 22.8 Å². The van der Waals surface area contributed by atoms with Crippen LogP contribution in [0.25, 0.3) is 0 Å². The Morgan fingerprint density at radius 2 is 1.50 bits per heavy atom. The topological polar surface area (TPSA) is 54.0 Å². The van der Waals surface area contributed by atoms with Gasteiger partial charge in [0.15, 0.2) is 0 Å². The smallest absolute Gasteiger partial charge is 0.465 e. The van der Waals surface area contributed by atoms with E-state index in [0.29, 0.717) is 45.3 Å². The maximum atomic E-state index is 11.9. The van der Waals surface area contributed by atoms with Crippen molar-refractivity contribution >= 4 is 14.8 Å². The van der Waals surface area contributed by atoms with Gasteiger partial charge in [-0.25, -0.2) is 0 Å². The second kappa shape index (κ2) is 11.4. The van der Waals surface area contributed by atoms with E-state index in [0.717, 1.165) is 5.56 Å². The third-order valence-electron chi connectivity index (χ3n) is 3.45. The van der Waals surface area contributed by atoms with Crippen molar-refractivity contribution in [2.75, 3.05) is 26.4 Å². The molecular weight excluding hydrogens is 324 g/mol. The second-order valence-corrected chi connectivity index (χ2v) is 8.20. The number of aryl methyl sites for hydroxylation is 1. The Balaban J connectivity index is 2.38. The van der Waals surface area contributed by atoms with Gasteiger partial charge in [0.2, 0.25) is 0 Å². The van der Waals surface area contributed by atoms with E-state index in [4.69, 9.17) is 18.0 Å². The normalized spacial score (nSPS) is 11.5. The molecule has 0 radical (unpaired) electrons. The molecule has 136 valence electrons. The van der Waals surface area contributed by atoms with Crippen molar-refractivity contribution in [3.05, 3.63) is 35.4 Å². The lowest BCUT2D eigenvalue weighted by molar-refractivity contribution is -0.142. The lowest BCUT2D eigenvalue weighted by Crippen LogP contribution is -2.46. The van der Waals surface area contributed by atoms with Gasteiger partial charge in [-0.3, -0.25) is 4.79 Å². The maximum absolute atomic E-state index is 11.9. The highest BCUT2D eigenvalue weighted by atomic mass is 28.4. The van der Waals surface area contributed by atoms with Gasteiger partial charge in [-0.1, -0.05) is 29.8 Å². The second-order valence-electron chi connectivity index (χ2n) is 5.47. The summed E-state index contributed by atoms with van der Waals surface area (Å²) < 4.78 is 22.7. The Bertz CT molecular complexity index is 458. The first-order valence-electron chi connectivity index (χ1n) is 8.68. The van der Waals surface area contributed by atoms with Crippen LogP contribution >= 0.6 is 0 Å². The third-order valence-corrected chi connectivity index (χ3v) is 6.60. The molecule has 1 aromatic carbocycles. The van der Waals surface area contributed by atoms with E-state index in [1.165, 1.54) is 5.56 Å². The molecule has 0 saturated carbocycles. The summed E-state index contributed by atoms with van der Waals surface area (Å²) in [5.74, 6) is -0.213. The van der Waals surface area contributed by atoms with E-state index in [9.17, 15) is 4.79 Å². The Morgan fingerprint density at radius 3 is 2.00 bits per heavy atom. The highest BCUT2D eigenvalue weighted by Crippen LogP contribution is 2.18. The van der Waals surface area contributed by atoms with Gasteiger partial charge in [-0.2, -0.15) is 0 Å². The summed E-state index contributed by atoms with van der Waals surface area (Å²) in [6.45, 7) is 9.84. The molecule has 0 atom stereocenters. The fraction of sp³-hybridized carbons (Fsp3) is 0.611. The van der Waals surface area contributed by atoms with Gasteiger partial charge >= 0.3 is 14.8 Å². The van der Waals surface area contributed by atoms with Crippen LogP contribution in [0.5, 0.6) is 0 Å². The minimum absolute atomic E-state index is 0.213. The summed E-state index contributed by atoms with van der Waals surface area (Å²) in [7, 11) is -2.64.